The maximum atomic E-state index is 11.8. The number of aliphatic hydroxyl groups excluding tert-OH is 2. The minimum Gasteiger partial charge on any atom is -0.477 e. The number of carbonyl (C=O) groups is 3. The van der Waals surface area contributed by atoms with Crippen molar-refractivity contribution in [2.45, 2.75) is 44.1 Å². The topological polar surface area (TPSA) is 219 Å². The number of amides is 2. The van der Waals surface area contributed by atoms with Crippen molar-refractivity contribution in [2.24, 2.45) is 16.5 Å². The Kier molecular flexibility index (Phi) is 8.53. The number of nitrogens with one attached hydrogen (secondary N) is 2. The molecule has 0 unspecified atom stereocenters. The number of nitrogens with two attached hydrogens (primary N) is 2. The molecule has 0 spiro atoms. The Balaban J connectivity index is 3.41. The van der Waals surface area contributed by atoms with Crippen LogP contribution in [0.2, 0.25) is 6.82 Å². The summed E-state index contributed by atoms with van der Waals surface area (Å²) in [6, 6.07) is -2.25. The smallest absolute Gasteiger partial charge is 0.394 e. The third-order valence-corrected chi connectivity index (χ3v) is 3.58. The summed E-state index contributed by atoms with van der Waals surface area (Å²) < 4.78 is 10.4. The lowest BCUT2D eigenvalue weighted by molar-refractivity contribution is -0.145. The number of rotatable bonds is 8. The van der Waals surface area contributed by atoms with Crippen molar-refractivity contribution in [3.63, 3.8) is 0 Å². The van der Waals surface area contributed by atoms with Crippen LogP contribution in [0, 0.1) is 0 Å². The summed E-state index contributed by atoms with van der Waals surface area (Å²) in [5.41, 5.74) is 10.7. The first-order valence-electron chi connectivity index (χ1n) is 8.12. The number of ether oxygens (including phenoxy) is 2. The maximum absolute atomic E-state index is 11.8. The van der Waals surface area contributed by atoms with Crippen molar-refractivity contribution in [2.75, 3.05) is 6.61 Å². The third kappa shape index (κ3) is 6.31. The Morgan fingerprint density at radius 2 is 2.07 bits per heavy atom. The zero-order chi connectivity index (χ0) is 21.4. The zero-order valence-corrected chi connectivity index (χ0v) is 15.2. The van der Waals surface area contributed by atoms with Gasteiger partial charge in [0, 0.05) is 6.92 Å². The van der Waals surface area contributed by atoms with Gasteiger partial charge in [0.15, 0.2) is 18.2 Å². The van der Waals surface area contributed by atoms with Crippen molar-refractivity contribution >= 4 is 31.3 Å². The molecule has 0 aromatic heterocycles. The lowest BCUT2D eigenvalue weighted by Gasteiger charge is -2.39. The number of aliphatic hydroxyl groups is 2. The molecule has 1 aliphatic rings. The SMILES string of the molecule is C[B]NC(=O)O[C@@H]([C@@H]1OC(C(=O)O)=C[C@H](N=C(N)N)[C@H]1NC(C)=O)[C@H](O)CO. The molecular weight excluding hydrogens is 377 g/mol. The summed E-state index contributed by atoms with van der Waals surface area (Å²) >= 11 is 0. The number of hydrogen-bond donors (Lipinski definition) is 7. The highest BCUT2D eigenvalue weighted by atomic mass is 16.6. The summed E-state index contributed by atoms with van der Waals surface area (Å²) in [7, 11) is 1.25. The molecule has 0 aromatic rings. The van der Waals surface area contributed by atoms with E-state index in [0.717, 1.165) is 6.08 Å². The van der Waals surface area contributed by atoms with E-state index in [1.807, 2.05) is 0 Å². The first-order chi connectivity index (χ1) is 13.1. The average molecular weight is 400 g/mol. The van der Waals surface area contributed by atoms with Gasteiger partial charge in [-0.25, -0.2) is 14.6 Å². The fourth-order valence-electron chi connectivity index (χ4n) is 2.54. The minimum atomic E-state index is -1.67. The Labute approximate surface area is 161 Å². The predicted molar refractivity (Wildman–Crippen MR) is 95.9 cm³/mol. The van der Waals surface area contributed by atoms with Gasteiger partial charge in [-0.2, -0.15) is 0 Å². The van der Waals surface area contributed by atoms with Crippen molar-refractivity contribution in [1.29, 1.82) is 0 Å². The van der Waals surface area contributed by atoms with E-state index in [0.29, 0.717) is 0 Å². The normalized spacial score (nSPS) is 23.1. The highest BCUT2D eigenvalue weighted by Gasteiger charge is 2.46. The van der Waals surface area contributed by atoms with Gasteiger partial charge in [0.25, 0.3) is 0 Å². The van der Waals surface area contributed by atoms with Gasteiger partial charge in [-0.05, 0) is 6.08 Å². The van der Waals surface area contributed by atoms with Gasteiger partial charge in [-0.15, -0.1) is 0 Å². The van der Waals surface area contributed by atoms with E-state index in [4.69, 9.17) is 20.9 Å². The largest absolute Gasteiger partial charge is 0.477 e. The third-order valence-electron chi connectivity index (χ3n) is 3.58. The number of carboxylic acid groups (broad SMARTS) is 1. The zero-order valence-electron chi connectivity index (χ0n) is 15.2. The number of guanidine groups is 1. The Morgan fingerprint density at radius 3 is 2.54 bits per heavy atom. The van der Waals surface area contributed by atoms with E-state index in [-0.39, 0.29) is 0 Å². The molecular formula is C14H23BN5O8. The van der Waals surface area contributed by atoms with Crippen LogP contribution in [-0.2, 0) is 19.1 Å². The standard InChI is InChI=1S/C14H23BN5O8/c1-5(22)18-9-6(19-13(16)17)3-8(12(24)25)27-11(9)10(7(23)4-21)28-14(26)20-15-2/h3,6-7,9-11,21,23H,4H2,1-2H3,(H,18,22)(H,20,26)(H,24,25)(H4,16,17,19)/t6-,7+,9+,10+,11+/m0/s1. The molecule has 0 fully saturated rings. The highest BCUT2D eigenvalue weighted by Crippen LogP contribution is 2.26. The number of hydrogen-bond acceptors (Lipinski definition) is 8. The summed E-state index contributed by atoms with van der Waals surface area (Å²) in [6.07, 6.45) is -4.65. The molecule has 2 amide bonds. The van der Waals surface area contributed by atoms with Crippen LogP contribution in [0.25, 0.3) is 0 Å². The number of aliphatic imine (C=N–C) groups is 1. The van der Waals surface area contributed by atoms with E-state index in [9.17, 15) is 29.7 Å². The van der Waals surface area contributed by atoms with Gasteiger partial charge in [0.05, 0.1) is 18.7 Å². The second kappa shape index (κ2) is 10.4. The van der Waals surface area contributed by atoms with E-state index in [1.54, 1.807) is 0 Å². The van der Waals surface area contributed by atoms with Crippen LogP contribution in [0.15, 0.2) is 16.8 Å². The van der Waals surface area contributed by atoms with Gasteiger partial charge in [0.2, 0.25) is 19.1 Å². The predicted octanol–water partition coefficient (Wildman–Crippen LogP) is -3.38. The molecule has 1 radical (unpaired) electrons. The van der Waals surface area contributed by atoms with Crippen LogP contribution in [-0.4, -0.2) is 83.7 Å². The van der Waals surface area contributed by atoms with Gasteiger partial charge in [-0.1, -0.05) is 6.82 Å². The van der Waals surface area contributed by atoms with Gasteiger partial charge < -0.3 is 46.8 Å². The Morgan fingerprint density at radius 1 is 1.43 bits per heavy atom. The maximum Gasteiger partial charge on any atom is 0.394 e. The molecule has 0 aliphatic carbocycles. The second-order valence-electron chi connectivity index (χ2n) is 5.74. The molecule has 28 heavy (non-hydrogen) atoms. The van der Waals surface area contributed by atoms with Crippen LogP contribution < -0.4 is 22.0 Å². The molecule has 0 aromatic carbocycles. The molecule has 13 nitrogen and oxygen atoms in total. The van der Waals surface area contributed by atoms with Crippen LogP contribution in [0.5, 0.6) is 0 Å². The summed E-state index contributed by atoms with van der Waals surface area (Å²) in [5, 5.41) is 33.4. The van der Waals surface area contributed by atoms with Crippen LogP contribution >= 0.6 is 0 Å². The van der Waals surface area contributed by atoms with Crippen LogP contribution in [0.1, 0.15) is 6.92 Å². The van der Waals surface area contributed by atoms with Crippen LogP contribution in [0.4, 0.5) is 4.79 Å². The van der Waals surface area contributed by atoms with E-state index >= 15 is 0 Å². The highest BCUT2D eigenvalue weighted by molar-refractivity contribution is 6.34. The Hall–Kier alpha value is -3.00. The first-order valence-corrected chi connectivity index (χ1v) is 8.12. The van der Waals surface area contributed by atoms with E-state index in [1.165, 1.54) is 21.2 Å². The molecule has 1 heterocycles. The van der Waals surface area contributed by atoms with Crippen molar-refractivity contribution in [3.05, 3.63) is 11.8 Å². The van der Waals surface area contributed by atoms with Gasteiger partial charge in [-0.3, -0.25) is 4.79 Å². The lowest BCUT2D eigenvalue weighted by Crippen LogP contribution is -2.61. The van der Waals surface area contributed by atoms with Gasteiger partial charge >= 0.3 is 12.1 Å². The number of carboxylic acids is 1. The summed E-state index contributed by atoms with van der Waals surface area (Å²) in [4.78, 5) is 38.7. The molecule has 9 N–H and O–H groups in total. The summed E-state index contributed by atoms with van der Waals surface area (Å²) in [5.74, 6) is -3.03. The monoisotopic (exact) mass is 400 g/mol. The molecule has 155 valence electrons. The minimum absolute atomic E-state index is 0.402. The fraction of sp³-hybridized carbons (Fsp3) is 0.571. The average Bonchev–Trinajstić information content (AvgIpc) is 2.59. The van der Waals surface area contributed by atoms with Crippen molar-refractivity contribution in [1.82, 2.24) is 10.5 Å². The second-order valence-corrected chi connectivity index (χ2v) is 5.74. The summed E-state index contributed by atoms with van der Waals surface area (Å²) in [6.45, 7) is 1.83. The molecule has 1 rings (SSSR count). The molecule has 14 heteroatoms. The lowest BCUT2D eigenvalue weighted by atomic mass is 9.92. The Bertz CT molecular complexity index is 654. The van der Waals surface area contributed by atoms with Crippen molar-refractivity contribution < 1.29 is 39.2 Å². The molecule has 5 atom stereocenters. The van der Waals surface area contributed by atoms with E-state index < -0.39 is 66.7 Å². The molecule has 0 saturated heterocycles. The molecule has 1 aliphatic heterocycles. The van der Waals surface area contributed by atoms with Crippen LogP contribution in [0.3, 0.4) is 0 Å². The van der Waals surface area contributed by atoms with Gasteiger partial charge in [0.1, 0.15) is 6.10 Å². The van der Waals surface area contributed by atoms with Crippen molar-refractivity contribution in [3.8, 4) is 0 Å². The fourth-order valence-corrected chi connectivity index (χ4v) is 2.54. The number of aliphatic carboxylic acids is 1. The first kappa shape index (κ1) is 23.0. The molecule has 0 saturated carbocycles. The number of nitrogens with zero attached hydrogens (tertiary/aromatic N) is 1. The molecule has 0 bridgehead atoms. The number of carbonyl (C=O) groups excluding carboxylic acids is 2. The quantitative estimate of drug-likeness (QED) is 0.122. The van der Waals surface area contributed by atoms with E-state index in [2.05, 4.69) is 15.5 Å².